The predicted octanol–water partition coefficient (Wildman–Crippen LogP) is -1.12. The molecule has 6 heteroatoms. The molecule has 1 heterocycles. The van der Waals surface area contributed by atoms with Gasteiger partial charge in [0.25, 0.3) is 0 Å². The Balaban J connectivity index is 2.95. The summed E-state index contributed by atoms with van der Waals surface area (Å²) in [5, 5.41) is 5.34. The second-order valence-electron chi connectivity index (χ2n) is 1.52. The van der Waals surface area contributed by atoms with Crippen molar-refractivity contribution < 1.29 is 9.53 Å². The van der Waals surface area contributed by atoms with Crippen molar-refractivity contribution in [3.8, 4) is 0 Å². The topological polar surface area (TPSA) is 87.8 Å². The molecule has 0 aliphatic carbocycles. The molecule has 0 unspecified atom stereocenters. The zero-order valence-corrected chi connectivity index (χ0v) is 5.17. The van der Waals surface area contributed by atoms with Crippen molar-refractivity contribution in [2.24, 2.45) is 0 Å². The van der Waals surface area contributed by atoms with Gasteiger partial charge >= 0.3 is 11.7 Å². The van der Waals surface area contributed by atoms with Crippen molar-refractivity contribution in [1.29, 1.82) is 0 Å². The van der Waals surface area contributed by atoms with Gasteiger partial charge in [0.05, 0.1) is 7.11 Å². The number of methoxy groups -OCH3 is 1. The number of hydrogen-bond acceptors (Lipinski definition) is 4. The third-order valence-corrected chi connectivity index (χ3v) is 0.880. The number of carbonyl (C=O) groups excluding carboxylic acids is 1. The fraction of sp³-hybridized carbons (Fsp3) is 0.250. The van der Waals surface area contributed by atoms with E-state index < -0.39 is 11.7 Å². The van der Waals surface area contributed by atoms with Gasteiger partial charge in [-0.3, -0.25) is 4.98 Å². The van der Waals surface area contributed by atoms with Crippen LogP contribution in [0, 0.1) is 0 Å². The van der Waals surface area contributed by atoms with Gasteiger partial charge in [0, 0.05) is 0 Å². The normalized spacial score (nSPS) is 9.30. The van der Waals surface area contributed by atoms with Crippen molar-refractivity contribution in [3.05, 3.63) is 16.3 Å². The summed E-state index contributed by atoms with van der Waals surface area (Å²) in [5.74, 6) is -0.786. The lowest BCUT2D eigenvalue weighted by molar-refractivity contribution is 0.0587. The Hall–Kier alpha value is -1.59. The first-order valence-electron chi connectivity index (χ1n) is 2.47. The van der Waals surface area contributed by atoms with Crippen LogP contribution >= 0.6 is 0 Å². The van der Waals surface area contributed by atoms with E-state index in [1.165, 1.54) is 7.11 Å². The Kier molecular flexibility index (Phi) is 1.53. The highest BCUT2D eigenvalue weighted by Crippen LogP contribution is 1.83. The molecule has 0 fully saturated rings. The van der Waals surface area contributed by atoms with Crippen molar-refractivity contribution in [2.45, 2.75) is 0 Å². The summed E-state index contributed by atoms with van der Waals surface area (Å²) in [4.78, 5) is 23.0. The predicted molar refractivity (Wildman–Crippen MR) is 30.5 cm³/mol. The standard InChI is InChI=1S/C4H5N3O3/c1-10-3(8)2-5-4(9)7-6-2/h1H3,(H2,5,6,7,9). The second kappa shape index (κ2) is 2.34. The van der Waals surface area contributed by atoms with Crippen molar-refractivity contribution in [2.75, 3.05) is 7.11 Å². The van der Waals surface area contributed by atoms with E-state index in [0.29, 0.717) is 0 Å². The number of nitrogens with one attached hydrogen (secondary N) is 2. The number of H-pyrrole nitrogens is 2. The number of rotatable bonds is 1. The lowest BCUT2D eigenvalue weighted by Gasteiger charge is -1.88. The first kappa shape index (κ1) is 6.53. The zero-order valence-electron chi connectivity index (χ0n) is 5.17. The van der Waals surface area contributed by atoms with Crippen LogP contribution in [0.25, 0.3) is 0 Å². The van der Waals surface area contributed by atoms with Gasteiger partial charge in [0.2, 0.25) is 5.82 Å². The molecule has 0 radical (unpaired) electrons. The Morgan fingerprint density at radius 1 is 1.70 bits per heavy atom. The minimum atomic E-state index is -0.668. The van der Waals surface area contributed by atoms with Crippen molar-refractivity contribution >= 4 is 5.97 Å². The highest BCUT2D eigenvalue weighted by Gasteiger charge is 2.07. The number of nitrogens with zero attached hydrogens (tertiary/aromatic N) is 1. The Morgan fingerprint density at radius 3 is 2.80 bits per heavy atom. The van der Waals surface area contributed by atoms with Gasteiger partial charge in [0.1, 0.15) is 0 Å². The molecule has 2 N–H and O–H groups in total. The molecule has 0 atom stereocenters. The summed E-state index contributed by atoms with van der Waals surface area (Å²) in [6, 6.07) is 0. The molecule has 0 saturated heterocycles. The minimum Gasteiger partial charge on any atom is -0.463 e. The number of ether oxygens (including phenoxy) is 1. The van der Waals surface area contributed by atoms with Crippen LogP contribution in [-0.2, 0) is 4.74 Å². The number of hydrogen-bond donors (Lipinski definition) is 2. The summed E-state index contributed by atoms with van der Waals surface area (Å²) in [7, 11) is 1.20. The monoisotopic (exact) mass is 143 g/mol. The number of esters is 1. The van der Waals surface area contributed by atoms with E-state index in [2.05, 4.69) is 14.8 Å². The van der Waals surface area contributed by atoms with Gasteiger partial charge in [-0.1, -0.05) is 0 Å². The lowest BCUT2D eigenvalue weighted by atomic mass is 10.6. The fourth-order valence-corrected chi connectivity index (χ4v) is 0.463. The van der Waals surface area contributed by atoms with Gasteiger partial charge in [-0.25, -0.2) is 14.7 Å². The Morgan fingerprint density at radius 2 is 2.40 bits per heavy atom. The highest BCUT2D eigenvalue weighted by molar-refractivity contribution is 5.84. The first-order valence-corrected chi connectivity index (χ1v) is 2.47. The molecule has 0 saturated carbocycles. The van der Waals surface area contributed by atoms with E-state index in [4.69, 9.17) is 0 Å². The van der Waals surface area contributed by atoms with Crippen LogP contribution in [0.2, 0.25) is 0 Å². The molecule has 54 valence electrons. The molecule has 0 aliphatic heterocycles. The summed E-state index contributed by atoms with van der Waals surface area (Å²) in [5.41, 5.74) is -0.527. The fourth-order valence-electron chi connectivity index (χ4n) is 0.463. The maximum Gasteiger partial charge on any atom is 0.376 e. The van der Waals surface area contributed by atoms with E-state index in [1.807, 2.05) is 5.10 Å². The van der Waals surface area contributed by atoms with Gasteiger partial charge in [-0.15, -0.1) is 5.10 Å². The average Bonchev–Trinajstić information content (AvgIpc) is 2.34. The molecule has 1 rings (SSSR count). The SMILES string of the molecule is COC(=O)c1n[nH]c(=O)[nH]1. The number of aromatic nitrogens is 3. The highest BCUT2D eigenvalue weighted by atomic mass is 16.5. The van der Waals surface area contributed by atoms with Crippen LogP contribution < -0.4 is 5.69 Å². The molecule has 0 aromatic carbocycles. The smallest absolute Gasteiger partial charge is 0.376 e. The zero-order chi connectivity index (χ0) is 7.56. The van der Waals surface area contributed by atoms with Crippen LogP contribution in [0.3, 0.4) is 0 Å². The number of carbonyl (C=O) groups is 1. The van der Waals surface area contributed by atoms with E-state index >= 15 is 0 Å². The quantitative estimate of drug-likeness (QED) is 0.487. The van der Waals surface area contributed by atoms with E-state index in [1.54, 1.807) is 0 Å². The van der Waals surface area contributed by atoms with Gasteiger partial charge in [0.15, 0.2) is 0 Å². The second-order valence-corrected chi connectivity index (χ2v) is 1.52. The van der Waals surface area contributed by atoms with Crippen molar-refractivity contribution in [3.63, 3.8) is 0 Å². The third kappa shape index (κ3) is 1.04. The molecule has 0 aliphatic rings. The van der Waals surface area contributed by atoms with Gasteiger partial charge < -0.3 is 4.74 Å². The largest absolute Gasteiger partial charge is 0.463 e. The van der Waals surface area contributed by atoms with Gasteiger partial charge in [-0.05, 0) is 0 Å². The summed E-state index contributed by atoms with van der Waals surface area (Å²) in [6.45, 7) is 0. The van der Waals surface area contributed by atoms with Gasteiger partial charge in [-0.2, -0.15) is 0 Å². The molecule has 0 spiro atoms. The van der Waals surface area contributed by atoms with Crippen molar-refractivity contribution in [1.82, 2.24) is 15.2 Å². The van der Waals surface area contributed by atoms with Crippen LogP contribution in [0.5, 0.6) is 0 Å². The van der Waals surface area contributed by atoms with Crippen LogP contribution in [-0.4, -0.2) is 28.3 Å². The summed E-state index contributed by atoms with van der Waals surface area (Å²) >= 11 is 0. The molecular formula is C4H5N3O3. The van der Waals surface area contributed by atoms with E-state index in [9.17, 15) is 9.59 Å². The van der Waals surface area contributed by atoms with Crippen LogP contribution in [0.1, 0.15) is 10.6 Å². The first-order chi connectivity index (χ1) is 4.74. The Bertz CT molecular complexity index is 286. The summed E-state index contributed by atoms with van der Waals surface area (Å²) in [6.07, 6.45) is 0. The average molecular weight is 143 g/mol. The molecule has 1 aromatic heterocycles. The van der Waals surface area contributed by atoms with Crippen LogP contribution in [0.15, 0.2) is 4.79 Å². The maximum atomic E-state index is 10.6. The number of aromatic amines is 2. The Labute approximate surface area is 55.2 Å². The van der Waals surface area contributed by atoms with Crippen LogP contribution in [0.4, 0.5) is 0 Å². The summed E-state index contributed by atoms with van der Waals surface area (Å²) < 4.78 is 4.26. The van der Waals surface area contributed by atoms with E-state index in [-0.39, 0.29) is 5.82 Å². The van der Waals surface area contributed by atoms with E-state index in [0.717, 1.165) is 0 Å². The minimum absolute atomic E-state index is 0.118. The molecule has 0 bridgehead atoms. The molecular weight excluding hydrogens is 138 g/mol. The molecule has 1 aromatic rings. The third-order valence-electron chi connectivity index (χ3n) is 0.880. The molecule has 6 nitrogen and oxygen atoms in total. The maximum absolute atomic E-state index is 10.6. The molecule has 0 amide bonds. The lowest BCUT2D eigenvalue weighted by Crippen LogP contribution is -2.06. The molecule has 10 heavy (non-hydrogen) atoms.